The molecule has 1 aromatic rings. The van der Waals surface area contributed by atoms with Crippen molar-refractivity contribution in [1.29, 1.82) is 0 Å². The molecule has 0 fully saturated rings. The Balaban J connectivity index is 2.52. The Hall–Kier alpha value is -0.340. The maximum atomic E-state index is 5.97. The van der Waals surface area contributed by atoms with E-state index in [0.29, 0.717) is 5.15 Å². The van der Waals surface area contributed by atoms with Crippen molar-refractivity contribution in [2.45, 2.75) is 26.7 Å². The summed E-state index contributed by atoms with van der Waals surface area (Å²) < 4.78 is 0. The van der Waals surface area contributed by atoms with Crippen molar-refractivity contribution in [3.8, 4) is 0 Å². The largest absolute Gasteiger partial charge is 0.224 e. The second-order valence-corrected chi connectivity index (χ2v) is 4.92. The first kappa shape index (κ1) is 9.22. The zero-order valence-corrected chi connectivity index (χ0v) is 9.08. The quantitative estimate of drug-likeness (QED) is 0.493. The Labute approximate surface area is 87.3 Å². The topological polar surface area (TPSA) is 25.8 Å². The summed E-state index contributed by atoms with van der Waals surface area (Å²) in [6, 6.07) is 0. The average Bonchev–Trinajstić information content (AvgIpc) is 2.23. The predicted molar refractivity (Wildman–Crippen MR) is 53.2 cm³/mol. The van der Waals surface area contributed by atoms with Crippen LogP contribution in [0, 0.1) is 5.41 Å². The summed E-state index contributed by atoms with van der Waals surface area (Å²) in [5.74, 6) is 0. The van der Waals surface area contributed by atoms with Crippen molar-refractivity contribution in [2.24, 2.45) is 5.41 Å². The van der Waals surface area contributed by atoms with Crippen LogP contribution in [0.2, 0.25) is 10.4 Å². The number of rotatable bonds is 0. The third kappa shape index (κ3) is 1.65. The van der Waals surface area contributed by atoms with Crippen LogP contribution in [0.15, 0.2) is 0 Å². The molecule has 0 N–H and O–H groups in total. The Kier molecular flexibility index (Phi) is 2.00. The van der Waals surface area contributed by atoms with Gasteiger partial charge < -0.3 is 0 Å². The van der Waals surface area contributed by atoms with Gasteiger partial charge in [-0.1, -0.05) is 25.4 Å². The van der Waals surface area contributed by atoms with E-state index in [-0.39, 0.29) is 10.7 Å². The van der Waals surface area contributed by atoms with Gasteiger partial charge in [0, 0.05) is 5.56 Å². The summed E-state index contributed by atoms with van der Waals surface area (Å²) in [4.78, 5) is 8.11. The molecule has 1 aliphatic rings. The SMILES string of the molecule is CC1(C)Cc2nc(Cl)nc(Cl)c2C1. The van der Waals surface area contributed by atoms with E-state index in [4.69, 9.17) is 23.2 Å². The second-order valence-electron chi connectivity index (χ2n) is 4.23. The Morgan fingerprint density at radius 3 is 2.54 bits per heavy atom. The molecule has 0 amide bonds. The summed E-state index contributed by atoms with van der Waals surface area (Å²) in [6.07, 6.45) is 1.88. The Morgan fingerprint density at radius 2 is 1.85 bits per heavy atom. The molecule has 2 nitrogen and oxygen atoms in total. The summed E-state index contributed by atoms with van der Waals surface area (Å²) in [7, 11) is 0. The summed E-state index contributed by atoms with van der Waals surface area (Å²) in [6.45, 7) is 4.39. The number of aromatic nitrogens is 2. The van der Waals surface area contributed by atoms with Crippen molar-refractivity contribution < 1.29 is 0 Å². The van der Waals surface area contributed by atoms with Crippen molar-refractivity contribution in [2.75, 3.05) is 0 Å². The van der Waals surface area contributed by atoms with Gasteiger partial charge in [0.15, 0.2) is 0 Å². The third-order valence-corrected chi connectivity index (χ3v) is 2.80. The lowest BCUT2D eigenvalue weighted by molar-refractivity contribution is 0.390. The molecule has 1 aromatic heterocycles. The summed E-state index contributed by atoms with van der Waals surface area (Å²) >= 11 is 11.7. The highest BCUT2D eigenvalue weighted by Gasteiger charge is 2.31. The molecule has 0 bridgehead atoms. The van der Waals surface area contributed by atoms with Crippen LogP contribution in [0.25, 0.3) is 0 Å². The number of halogens is 2. The van der Waals surface area contributed by atoms with E-state index < -0.39 is 0 Å². The monoisotopic (exact) mass is 216 g/mol. The standard InChI is InChI=1S/C9H10Cl2N2/c1-9(2)3-5-6(4-9)12-8(11)13-7(5)10/h3-4H2,1-2H3. The zero-order valence-electron chi connectivity index (χ0n) is 7.56. The molecule has 70 valence electrons. The van der Waals surface area contributed by atoms with Gasteiger partial charge >= 0.3 is 0 Å². The van der Waals surface area contributed by atoms with Crippen molar-refractivity contribution >= 4 is 23.2 Å². The fourth-order valence-corrected chi connectivity index (χ4v) is 2.27. The van der Waals surface area contributed by atoms with Crippen LogP contribution in [0.3, 0.4) is 0 Å². The van der Waals surface area contributed by atoms with Crippen molar-refractivity contribution in [3.05, 3.63) is 21.7 Å². The molecular formula is C9H10Cl2N2. The summed E-state index contributed by atoms with van der Waals surface area (Å²) in [5, 5.41) is 0.766. The van der Waals surface area contributed by atoms with Gasteiger partial charge in [-0.2, -0.15) is 0 Å². The lowest BCUT2D eigenvalue weighted by atomic mass is 9.91. The molecule has 0 saturated heterocycles. The molecule has 0 aliphatic heterocycles. The van der Waals surface area contributed by atoms with Gasteiger partial charge in [0.1, 0.15) is 5.15 Å². The molecule has 13 heavy (non-hydrogen) atoms. The minimum Gasteiger partial charge on any atom is -0.223 e. The van der Waals surface area contributed by atoms with Crippen LogP contribution in [-0.4, -0.2) is 9.97 Å². The normalized spacial score (nSPS) is 18.8. The highest BCUT2D eigenvalue weighted by atomic mass is 35.5. The third-order valence-electron chi connectivity index (χ3n) is 2.32. The fourth-order valence-electron chi connectivity index (χ4n) is 1.79. The minimum atomic E-state index is 0.241. The lowest BCUT2D eigenvalue weighted by Gasteiger charge is -2.14. The highest BCUT2D eigenvalue weighted by Crippen LogP contribution is 2.38. The van der Waals surface area contributed by atoms with Crippen LogP contribution in [0.5, 0.6) is 0 Å². The van der Waals surface area contributed by atoms with E-state index in [2.05, 4.69) is 23.8 Å². The van der Waals surface area contributed by atoms with Crippen molar-refractivity contribution in [3.63, 3.8) is 0 Å². The van der Waals surface area contributed by atoms with E-state index in [1.165, 1.54) is 0 Å². The number of nitrogens with zero attached hydrogens (tertiary/aromatic N) is 2. The van der Waals surface area contributed by atoms with E-state index in [9.17, 15) is 0 Å². The molecule has 0 atom stereocenters. The van der Waals surface area contributed by atoms with E-state index in [0.717, 1.165) is 24.1 Å². The molecule has 1 aliphatic carbocycles. The smallest absolute Gasteiger partial charge is 0.223 e. The lowest BCUT2D eigenvalue weighted by Crippen LogP contribution is -2.09. The van der Waals surface area contributed by atoms with Gasteiger partial charge in [-0.3, -0.25) is 0 Å². The van der Waals surface area contributed by atoms with Gasteiger partial charge in [-0.25, -0.2) is 9.97 Å². The fraction of sp³-hybridized carbons (Fsp3) is 0.556. The second kappa shape index (κ2) is 2.82. The first-order valence-electron chi connectivity index (χ1n) is 4.19. The number of hydrogen-bond donors (Lipinski definition) is 0. The van der Waals surface area contributed by atoms with Crippen LogP contribution in [0.4, 0.5) is 0 Å². The molecule has 0 spiro atoms. The van der Waals surface area contributed by atoms with Gasteiger partial charge in [-0.15, -0.1) is 0 Å². The Morgan fingerprint density at radius 1 is 1.15 bits per heavy atom. The van der Waals surface area contributed by atoms with Crippen molar-refractivity contribution in [1.82, 2.24) is 9.97 Å². The number of fused-ring (bicyclic) bond motifs is 1. The molecule has 4 heteroatoms. The molecular weight excluding hydrogens is 207 g/mol. The molecule has 0 saturated carbocycles. The minimum absolute atomic E-state index is 0.241. The maximum absolute atomic E-state index is 5.97. The van der Waals surface area contributed by atoms with Gasteiger partial charge in [0.25, 0.3) is 0 Å². The first-order chi connectivity index (χ1) is 5.98. The number of hydrogen-bond acceptors (Lipinski definition) is 2. The van der Waals surface area contributed by atoms with Crippen LogP contribution in [0.1, 0.15) is 25.1 Å². The maximum Gasteiger partial charge on any atom is 0.224 e. The average molecular weight is 217 g/mol. The highest BCUT2D eigenvalue weighted by molar-refractivity contribution is 6.32. The van der Waals surface area contributed by atoms with Crippen LogP contribution in [-0.2, 0) is 12.8 Å². The summed E-state index contributed by atoms with van der Waals surface area (Å²) in [5.41, 5.74) is 2.32. The van der Waals surface area contributed by atoms with Crippen LogP contribution < -0.4 is 0 Å². The van der Waals surface area contributed by atoms with Gasteiger partial charge in [0.05, 0.1) is 5.69 Å². The molecule has 2 rings (SSSR count). The van der Waals surface area contributed by atoms with E-state index in [1.54, 1.807) is 0 Å². The van der Waals surface area contributed by atoms with E-state index >= 15 is 0 Å². The zero-order chi connectivity index (χ0) is 9.64. The van der Waals surface area contributed by atoms with Gasteiger partial charge in [-0.05, 0) is 29.9 Å². The first-order valence-corrected chi connectivity index (χ1v) is 4.94. The Bertz CT molecular complexity index is 361. The molecule has 0 aromatic carbocycles. The molecule has 0 radical (unpaired) electrons. The molecule has 1 heterocycles. The predicted octanol–water partition coefficient (Wildman–Crippen LogP) is 2.91. The van der Waals surface area contributed by atoms with Gasteiger partial charge in [0.2, 0.25) is 5.28 Å². The van der Waals surface area contributed by atoms with Crippen LogP contribution >= 0.6 is 23.2 Å². The van der Waals surface area contributed by atoms with E-state index in [1.807, 2.05) is 0 Å². The molecule has 0 unspecified atom stereocenters.